The number of nitrogens with one attached hydrogen (secondary N) is 1. The van der Waals surface area contributed by atoms with Crippen molar-refractivity contribution >= 4 is 23.2 Å². The molecule has 2 amide bonds. The van der Waals surface area contributed by atoms with E-state index < -0.39 is 6.10 Å². The molecule has 0 spiro atoms. The van der Waals surface area contributed by atoms with Gasteiger partial charge in [-0.1, -0.05) is 29.8 Å². The zero-order valence-electron chi connectivity index (χ0n) is 15.2. The lowest BCUT2D eigenvalue weighted by Crippen LogP contribution is -2.45. The zero-order valence-corrected chi connectivity index (χ0v) is 15.2. The van der Waals surface area contributed by atoms with E-state index in [4.69, 9.17) is 4.74 Å². The van der Waals surface area contributed by atoms with Crippen LogP contribution in [-0.2, 0) is 4.79 Å². The third-order valence-electron chi connectivity index (χ3n) is 4.13. The Bertz CT molecular complexity index is 889. The minimum absolute atomic E-state index is 0.1000. The SMILES string of the molecule is C=C(C)CN1C(=O)C(C)Oc2cc(NC(=O)c3cccc(C)c3)ccc21. The smallest absolute Gasteiger partial charge is 0.268 e. The lowest BCUT2D eigenvalue weighted by Gasteiger charge is -2.33. The number of aryl methyl sites for hydroxylation is 1. The monoisotopic (exact) mass is 350 g/mol. The maximum absolute atomic E-state index is 12.4. The molecule has 0 radical (unpaired) electrons. The molecule has 0 aromatic heterocycles. The van der Waals surface area contributed by atoms with Gasteiger partial charge in [0.25, 0.3) is 11.8 Å². The Balaban J connectivity index is 1.86. The van der Waals surface area contributed by atoms with Gasteiger partial charge in [-0.15, -0.1) is 0 Å². The Morgan fingerprint density at radius 1 is 1.27 bits per heavy atom. The van der Waals surface area contributed by atoms with Crippen molar-refractivity contribution in [2.75, 3.05) is 16.8 Å². The molecule has 1 heterocycles. The number of amides is 2. The van der Waals surface area contributed by atoms with Crippen molar-refractivity contribution in [2.24, 2.45) is 0 Å². The Hall–Kier alpha value is -3.08. The highest BCUT2D eigenvalue weighted by molar-refractivity contribution is 6.05. The molecule has 0 bridgehead atoms. The molecule has 5 nitrogen and oxygen atoms in total. The zero-order chi connectivity index (χ0) is 18.8. The molecule has 1 atom stereocenters. The standard InChI is InChI=1S/C21H22N2O3/c1-13(2)12-23-18-9-8-17(11-19(18)26-15(4)21(23)25)22-20(24)16-7-5-6-14(3)10-16/h5-11,15H,1,12H2,2-4H3,(H,22,24). The summed E-state index contributed by atoms with van der Waals surface area (Å²) in [4.78, 5) is 26.5. The number of carbonyl (C=O) groups is 2. The second-order valence-corrected chi connectivity index (χ2v) is 6.65. The summed E-state index contributed by atoms with van der Waals surface area (Å²) in [6.07, 6.45) is -0.579. The van der Waals surface area contributed by atoms with Crippen LogP contribution in [0.15, 0.2) is 54.6 Å². The number of anilines is 2. The van der Waals surface area contributed by atoms with E-state index >= 15 is 0 Å². The molecule has 134 valence electrons. The number of ether oxygens (including phenoxy) is 1. The van der Waals surface area contributed by atoms with E-state index in [1.165, 1.54) is 0 Å². The van der Waals surface area contributed by atoms with Crippen LogP contribution in [-0.4, -0.2) is 24.5 Å². The van der Waals surface area contributed by atoms with E-state index in [1.54, 1.807) is 36.1 Å². The van der Waals surface area contributed by atoms with Gasteiger partial charge < -0.3 is 15.0 Å². The maximum Gasteiger partial charge on any atom is 0.268 e. The molecule has 3 rings (SSSR count). The van der Waals surface area contributed by atoms with Crippen molar-refractivity contribution in [3.8, 4) is 5.75 Å². The fourth-order valence-electron chi connectivity index (χ4n) is 2.91. The van der Waals surface area contributed by atoms with Crippen LogP contribution < -0.4 is 15.0 Å². The van der Waals surface area contributed by atoms with Crippen LogP contribution in [0.5, 0.6) is 5.75 Å². The highest BCUT2D eigenvalue weighted by atomic mass is 16.5. The first-order chi connectivity index (χ1) is 12.3. The van der Waals surface area contributed by atoms with Gasteiger partial charge in [-0.3, -0.25) is 9.59 Å². The number of hydrogen-bond acceptors (Lipinski definition) is 3. The van der Waals surface area contributed by atoms with E-state index in [9.17, 15) is 9.59 Å². The molecule has 2 aromatic carbocycles. The average molecular weight is 350 g/mol. The van der Waals surface area contributed by atoms with Gasteiger partial charge in [0.2, 0.25) is 0 Å². The van der Waals surface area contributed by atoms with Crippen molar-refractivity contribution in [1.82, 2.24) is 0 Å². The number of nitrogens with zero attached hydrogens (tertiary/aromatic N) is 1. The summed E-state index contributed by atoms with van der Waals surface area (Å²) in [5.74, 6) is 0.282. The van der Waals surface area contributed by atoms with Crippen LogP contribution >= 0.6 is 0 Å². The lowest BCUT2D eigenvalue weighted by molar-refractivity contribution is -0.125. The van der Waals surface area contributed by atoms with Crippen LogP contribution in [0.2, 0.25) is 0 Å². The molecule has 0 saturated heterocycles. The predicted molar refractivity (Wildman–Crippen MR) is 103 cm³/mol. The number of carbonyl (C=O) groups excluding carboxylic acids is 2. The van der Waals surface area contributed by atoms with Gasteiger partial charge in [-0.25, -0.2) is 0 Å². The Morgan fingerprint density at radius 2 is 2.04 bits per heavy atom. The summed E-state index contributed by atoms with van der Waals surface area (Å²) in [5.41, 5.74) is 3.80. The minimum atomic E-state index is -0.579. The molecule has 5 heteroatoms. The van der Waals surface area contributed by atoms with E-state index in [1.807, 2.05) is 32.0 Å². The molecular weight excluding hydrogens is 328 g/mol. The van der Waals surface area contributed by atoms with E-state index in [0.717, 1.165) is 11.1 Å². The van der Waals surface area contributed by atoms with E-state index in [0.29, 0.717) is 29.2 Å². The van der Waals surface area contributed by atoms with Gasteiger partial charge in [-0.2, -0.15) is 0 Å². The quantitative estimate of drug-likeness (QED) is 0.850. The summed E-state index contributed by atoms with van der Waals surface area (Å²) in [5, 5.41) is 2.88. The lowest BCUT2D eigenvalue weighted by atomic mass is 10.1. The summed E-state index contributed by atoms with van der Waals surface area (Å²) < 4.78 is 5.73. The molecule has 26 heavy (non-hydrogen) atoms. The molecule has 0 aliphatic carbocycles. The summed E-state index contributed by atoms with van der Waals surface area (Å²) >= 11 is 0. The Labute approximate surface area is 153 Å². The van der Waals surface area contributed by atoms with Crippen LogP contribution in [0.4, 0.5) is 11.4 Å². The topological polar surface area (TPSA) is 58.6 Å². The first-order valence-corrected chi connectivity index (χ1v) is 8.49. The maximum atomic E-state index is 12.4. The Kier molecular flexibility index (Phi) is 4.80. The molecule has 1 unspecified atom stereocenters. The third kappa shape index (κ3) is 3.61. The van der Waals surface area contributed by atoms with Crippen LogP contribution in [0, 0.1) is 6.92 Å². The predicted octanol–water partition coefficient (Wildman–Crippen LogP) is 3.94. The highest BCUT2D eigenvalue weighted by Crippen LogP contribution is 2.36. The van der Waals surface area contributed by atoms with Crippen molar-refractivity contribution in [2.45, 2.75) is 26.9 Å². The first kappa shape index (κ1) is 17.7. The summed E-state index contributed by atoms with van der Waals surface area (Å²) in [6, 6.07) is 12.7. The highest BCUT2D eigenvalue weighted by Gasteiger charge is 2.31. The second kappa shape index (κ2) is 7.04. The largest absolute Gasteiger partial charge is 0.479 e. The first-order valence-electron chi connectivity index (χ1n) is 8.49. The molecule has 1 aliphatic rings. The van der Waals surface area contributed by atoms with Gasteiger partial charge in [0.1, 0.15) is 5.75 Å². The van der Waals surface area contributed by atoms with Gasteiger partial charge >= 0.3 is 0 Å². The van der Waals surface area contributed by atoms with Crippen molar-refractivity contribution in [1.29, 1.82) is 0 Å². The van der Waals surface area contributed by atoms with Crippen molar-refractivity contribution < 1.29 is 14.3 Å². The molecule has 1 aliphatic heterocycles. The molecular formula is C21H22N2O3. The van der Waals surface area contributed by atoms with Crippen LogP contribution in [0.3, 0.4) is 0 Å². The molecule has 0 fully saturated rings. The fourth-order valence-corrected chi connectivity index (χ4v) is 2.91. The average Bonchev–Trinajstić information content (AvgIpc) is 2.58. The second-order valence-electron chi connectivity index (χ2n) is 6.65. The van der Waals surface area contributed by atoms with Crippen LogP contribution in [0.25, 0.3) is 0 Å². The van der Waals surface area contributed by atoms with Crippen molar-refractivity contribution in [3.05, 3.63) is 65.7 Å². The summed E-state index contributed by atoms with van der Waals surface area (Å²) in [6.45, 7) is 9.86. The van der Waals surface area contributed by atoms with Crippen LogP contribution in [0.1, 0.15) is 29.8 Å². The molecule has 1 N–H and O–H groups in total. The van der Waals surface area contributed by atoms with Gasteiger partial charge in [0.15, 0.2) is 6.10 Å². The number of benzene rings is 2. The fraction of sp³-hybridized carbons (Fsp3) is 0.238. The minimum Gasteiger partial charge on any atom is -0.479 e. The van der Waals surface area contributed by atoms with Crippen molar-refractivity contribution in [3.63, 3.8) is 0 Å². The van der Waals surface area contributed by atoms with E-state index in [2.05, 4.69) is 11.9 Å². The van der Waals surface area contributed by atoms with Gasteiger partial charge in [0.05, 0.1) is 5.69 Å². The molecule has 2 aromatic rings. The van der Waals surface area contributed by atoms with Gasteiger partial charge in [0, 0.05) is 23.9 Å². The number of hydrogen-bond donors (Lipinski definition) is 1. The number of rotatable bonds is 4. The molecule has 0 saturated carbocycles. The van der Waals surface area contributed by atoms with E-state index in [-0.39, 0.29) is 11.8 Å². The normalized spacial score (nSPS) is 15.9. The summed E-state index contributed by atoms with van der Waals surface area (Å²) in [7, 11) is 0. The number of fused-ring (bicyclic) bond motifs is 1. The Morgan fingerprint density at radius 3 is 2.73 bits per heavy atom. The van der Waals surface area contributed by atoms with Gasteiger partial charge in [-0.05, 0) is 45.0 Å². The third-order valence-corrected chi connectivity index (χ3v) is 4.13.